The van der Waals surface area contributed by atoms with Crippen LogP contribution in [-0.4, -0.2) is 77.5 Å². The number of nitrogens with zero attached hydrogens (tertiary/aromatic N) is 8. The Hall–Kier alpha value is -3.93. The van der Waals surface area contributed by atoms with Gasteiger partial charge in [-0.25, -0.2) is 13.8 Å². The summed E-state index contributed by atoms with van der Waals surface area (Å²) in [5.74, 6) is -0.630. The summed E-state index contributed by atoms with van der Waals surface area (Å²) in [5, 5.41) is 10.2. The second kappa shape index (κ2) is 9.37. The van der Waals surface area contributed by atoms with Crippen LogP contribution in [0.5, 0.6) is 5.75 Å². The number of alkyl halides is 3. The Balaban J connectivity index is 1.65. The standard InChI is InChI=1S/C22H19ClF2N8O2/c23-12-16(35)31-8-10-32(11-9-31)21-28-19(13-4-6-26-7-5-13)29-22(30-21)33-14-2-1-3-15(34)17(14)27-20(33)18(24)25/h1-7,18,34H,8-12H2. The molecule has 0 atom stereocenters. The average Bonchev–Trinajstić information content (AvgIpc) is 3.30. The first-order valence-corrected chi connectivity index (χ1v) is 11.2. The fourth-order valence-electron chi connectivity index (χ4n) is 3.92. The van der Waals surface area contributed by atoms with Crippen LogP contribution in [0.15, 0.2) is 42.7 Å². The molecule has 4 heterocycles. The molecule has 1 aliphatic heterocycles. The van der Waals surface area contributed by atoms with Crippen molar-refractivity contribution in [1.82, 2.24) is 34.4 Å². The number of carbonyl (C=O) groups is 1. The molecule has 1 saturated heterocycles. The van der Waals surface area contributed by atoms with E-state index in [1.807, 2.05) is 4.90 Å². The number of para-hydroxylation sites is 1. The molecule has 0 spiro atoms. The minimum atomic E-state index is -2.95. The van der Waals surface area contributed by atoms with Crippen LogP contribution in [0.1, 0.15) is 12.2 Å². The molecule has 0 aliphatic carbocycles. The van der Waals surface area contributed by atoms with Gasteiger partial charge in [-0.2, -0.15) is 15.0 Å². The van der Waals surface area contributed by atoms with E-state index in [-0.39, 0.29) is 46.3 Å². The lowest BCUT2D eigenvalue weighted by Gasteiger charge is -2.34. The third-order valence-electron chi connectivity index (χ3n) is 5.66. The number of imidazole rings is 1. The van der Waals surface area contributed by atoms with E-state index >= 15 is 0 Å². The van der Waals surface area contributed by atoms with E-state index in [2.05, 4.69) is 24.9 Å². The van der Waals surface area contributed by atoms with Crippen LogP contribution in [0, 0.1) is 0 Å². The number of fused-ring (bicyclic) bond motifs is 1. The van der Waals surface area contributed by atoms with Crippen molar-refractivity contribution in [2.45, 2.75) is 6.43 Å². The third kappa shape index (κ3) is 4.32. The van der Waals surface area contributed by atoms with Gasteiger partial charge in [-0.1, -0.05) is 6.07 Å². The molecule has 1 aliphatic rings. The Morgan fingerprint density at radius 1 is 1.00 bits per heavy atom. The Labute approximate surface area is 202 Å². The number of pyridine rings is 1. The SMILES string of the molecule is O=C(CCl)N1CCN(c2nc(-c3ccncc3)nc(-n3c(C(F)F)nc4c(O)cccc43)n2)CC1. The highest BCUT2D eigenvalue weighted by Gasteiger charge is 2.27. The maximum Gasteiger partial charge on any atom is 0.296 e. The lowest BCUT2D eigenvalue weighted by atomic mass is 10.2. The summed E-state index contributed by atoms with van der Waals surface area (Å²) < 4.78 is 29.1. The predicted molar refractivity (Wildman–Crippen MR) is 124 cm³/mol. The van der Waals surface area contributed by atoms with Gasteiger partial charge in [0.15, 0.2) is 11.6 Å². The Morgan fingerprint density at radius 2 is 1.71 bits per heavy atom. The Morgan fingerprint density at radius 3 is 2.40 bits per heavy atom. The summed E-state index contributed by atoms with van der Waals surface area (Å²) in [6.45, 7) is 1.69. The zero-order valence-electron chi connectivity index (χ0n) is 18.2. The first kappa shape index (κ1) is 22.8. The monoisotopic (exact) mass is 500 g/mol. The smallest absolute Gasteiger partial charge is 0.296 e. The number of carbonyl (C=O) groups excluding carboxylic acids is 1. The van der Waals surface area contributed by atoms with Crippen LogP contribution >= 0.6 is 11.6 Å². The van der Waals surface area contributed by atoms with Gasteiger partial charge < -0.3 is 14.9 Å². The van der Waals surface area contributed by atoms with Gasteiger partial charge in [0.2, 0.25) is 17.8 Å². The molecule has 1 N–H and O–H groups in total. The minimum Gasteiger partial charge on any atom is -0.506 e. The average molecular weight is 501 g/mol. The van der Waals surface area contributed by atoms with E-state index in [4.69, 9.17) is 11.6 Å². The molecule has 3 aromatic heterocycles. The van der Waals surface area contributed by atoms with Crippen molar-refractivity contribution < 1.29 is 18.7 Å². The number of aromatic hydroxyl groups is 1. The van der Waals surface area contributed by atoms with Crippen molar-refractivity contribution in [2.75, 3.05) is 37.0 Å². The van der Waals surface area contributed by atoms with Crippen molar-refractivity contribution in [1.29, 1.82) is 0 Å². The van der Waals surface area contributed by atoms with Crippen LogP contribution in [0.4, 0.5) is 14.7 Å². The van der Waals surface area contributed by atoms with Crippen molar-refractivity contribution >= 4 is 34.5 Å². The normalized spacial score (nSPS) is 14.2. The van der Waals surface area contributed by atoms with Crippen LogP contribution in [0.2, 0.25) is 0 Å². The Kier molecular flexibility index (Phi) is 6.12. The maximum absolute atomic E-state index is 14.0. The topological polar surface area (TPSA) is 113 Å². The molecule has 1 aromatic carbocycles. The highest BCUT2D eigenvalue weighted by Crippen LogP contribution is 2.32. The van der Waals surface area contributed by atoms with Crippen LogP contribution in [0.25, 0.3) is 28.4 Å². The van der Waals surface area contributed by atoms with Crippen LogP contribution in [0.3, 0.4) is 0 Å². The van der Waals surface area contributed by atoms with Gasteiger partial charge in [-0.15, -0.1) is 11.6 Å². The van der Waals surface area contributed by atoms with Crippen LogP contribution < -0.4 is 4.90 Å². The van der Waals surface area contributed by atoms with E-state index in [0.29, 0.717) is 31.7 Å². The molecular weight excluding hydrogens is 482 g/mol. The molecule has 10 nitrogen and oxygen atoms in total. The summed E-state index contributed by atoms with van der Waals surface area (Å²) in [6, 6.07) is 7.86. The lowest BCUT2D eigenvalue weighted by Crippen LogP contribution is -2.49. The molecule has 1 fully saturated rings. The van der Waals surface area contributed by atoms with E-state index in [9.17, 15) is 18.7 Å². The number of phenolic OH excluding ortho intramolecular Hbond substituents is 1. The number of piperazine rings is 1. The first-order valence-electron chi connectivity index (χ1n) is 10.7. The highest BCUT2D eigenvalue weighted by atomic mass is 35.5. The summed E-state index contributed by atoms with van der Waals surface area (Å²) in [7, 11) is 0. The molecule has 13 heteroatoms. The third-order valence-corrected chi connectivity index (χ3v) is 5.89. The zero-order valence-corrected chi connectivity index (χ0v) is 19.0. The van der Waals surface area contributed by atoms with Crippen molar-refractivity contribution in [2.24, 2.45) is 0 Å². The summed E-state index contributed by atoms with van der Waals surface area (Å²) in [5.41, 5.74) is 0.866. The number of hydrogen-bond donors (Lipinski definition) is 1. The van der Waals surface area contributed by atoms with Gasteiger partial charge in [0.1, 0.15) is 17.1 Å². The van der Waals surface area contributed by atoms with E-state index < -0.39 is 12.2 Å². The van der Waals surface area contributed by atoms with Crippen LogP contribution in [-0.2, 0) is 4.79 Å². The minimum absolute atomic E-state index is 0.0171. The molecule has 180 valence electrons. The predicted octanol–water partition coefficient (Wildman–Crippen LogP) is 2.80. The van der Waals surface area contributed by atoms with Crippen molar-refractivity contribution in [3.05, 3.63) is 48.5 Å². The molecule has 0 bridgehead atoms. The second-order valence-corrected chi connectivity index (χ2v) is 8.01. The van der Waals surface area contributed by atoms with E-state index in [0.717, 1.165) is 4.57 Å². The number of amides is 1. The molecule has 4 aromatic rings. The maximum atomic E-state index is 14.0. The lowest BCUT2D eigenvalue weighted by molar-refractivity contribution is -0.128. The summed E-state index contributed by atoms with van der Waals surface area (Å²) in [4.78, 5) is 36.9. The molecule has 5 rings (SSSR count). The summed E-state index contributed by atoms with van der Waals surface area (Å²) >= 11 is 5.67. The number of hydrogen-bond acceptors (Lipinski definition) is 8. The Bertz CT molecular complexity index is 1380. The van der Waals surface area contributed by atoms with E-state index in [1.165, 1.54) is 12.1 Å². The van der Waals surface area contributed by atoms with Crippen molar-refractivity contribution in [3.8, 4) is 23.1 Å². The fraction of sp³-hybridized carbons (Fsp3) is 0.273. The van der Waals surface area contributed by atoms with Gasteiger partial charge in [-0.3, -0.25) is 14.3 Å². The molecule has 0 unspecified atom stereocenters. The number of aromatic nitrogens is 6. The number of halogens is 3. The second-order valence-electron chi connectivity index (χ2n) is 7.75. The van der Waals surface area contributed by atoms with Gasteiger partial charge in [0.05, 0.1) is 5.52 Å². The quantitative estimate of drug-likeness (QED) is 0.416. The summed E-state index contributed by atoms with van der Waals surface area (Å²) in [6.07, 6.45) is 0.200. The van der Waals surface area contributed by atoms with Gasteiger partial charge in [0, 0.05) is 44.1 Å². The molecular formula is C22H19ClF2N8O2. The number of benzene rings is 1. The molecule has 35 heavy (non-hydrogen) atoms. The largest absolute Gasteiger partial charge is 0.506 e. The van der Waals surface area contributed by atoms with Gasteiger partial charge >= 0.3 is 0 Å². The zero-order chi connectivity index (χ0) is 24.5. The number of anilines is 1. The highest BCUT2D eigenvalue weighted by molar-refractivity contribution is 6.27. The molecule has 0 radical (unpaired) electrons. The number of rotatable bonds is 5. The van der Waals surface area contributed by atoms with Gasteiger partial charge in [0.25, 0.3) is 6.43 Å². The molecule has 0 saturated carbocycles. The fourth-order valence-corrected chi connectivity index (χ4v) is 4.09. The molecule has 1 amide bonds. The van der Waals surface area contributed by atoms with Crippen molar-refractivity contribution in [3.63, 3.8) is 0 Å². The van der Waals surface area contributed by atoms with E-state index in [1.54, 1.807) is 35.5 Å². The van der Waals surface area contributed by atoms with Gasteiger partial charge in [-0.05, 0) is 24.3 Å². The first-order chi connectivity index (χ1) is 17.0. The number of phenols is 1.